The number of rotatable bonds is 7. The van der Waals surface area contributed by atoms with Gasteiger partial charge in [0.05, 0.1) is 12.1 Å². The largest absolute Gasteiger partial charge is 0.438 e. The molecule has 3 N–H and O–H groups in total. The molecule has 3 atom stereocenters. The fourth-order valence-corrected chi connectivity index (χ4v) is 2.78. The zero-order chi connectivity index (χ0) is 14.6. The van der Waals surface area contributed by atoms with Gasteiger partial charge in [0.1, 0.15) is 0 Å². The van der Waals surface area contributed by atoms with Gasteiger partial charge < -0.3 is 15.6 Å². The summed E-state index contributed by atoms with van der Waals surface area (Å²) in [5.74, 6) is 0. The van der Waals surface area contributed by atoms with Crippen molar-refractivity contribution in [2.45, 2.75) is 57.8 Å². The molecule has 110 valence electrons. The molecular formula is C14H26N2O3. The average Bonchev–Trinajstić information content (AvgIpc) is 2.61. The number of aliphatic hydroxyl groups excluding tert-OH is 1. The third kappa shape index (κ3) is 3.09. The molecule has 0 aliphatic carbocycles. The smallest absolute Gasteiger partial charge is 0.411 e. The predicted octanol–water partition coefficient (Wildman–Crippen LogP) is 1.65. The summed E-state index contributed by atoms with van der Waals surface area (Å²) in [6.45, 7) is 10.7. The summed E-state index contributed by atoms with van der Waals surface area (Å²) in [6, 6.07) is -0.285. The molecular weight excluding hydrogens is 244 g/mol. The van der Waals surface area contributed by atoms with E-state index in [-0.39, 0.29) is 12.1 Å². The molecule has 1 aliphatic rings. The number of hydrogen-bond acceptors (Lipinski definition) is 4. The van der Waals surface area contributed by atoms with Gasteiger partial charge in [0.15, 0.2) is 5.60 Å². The Labute approximate surface area is 115 Å². The van der Waals surface area contributed by atoms with Crippen molar-refractivity contribution in [3.05, 3.63) is 12.2 Å². The first kappa shape index (κ1) is 16.0. The van der Waals surface area contributed by atoms with Crippen LogP contribution in [0.3, 0.4) is 0 Å². The van der Waals surface area contributed by atoms with Crippen molar-refractivity contribution in [1.82, 2.24) is 4.90 Å². The van der Waals surface area contributed by atoms with Crippen LogP contribution in [-0.4, -0.2) is 46.9 Å². The van der Waals surface area contributed by atoms with E-state index in [1.807, 2.05) is 13.8 Å². The van der Waals surface area contributed by atoms with Crippen molar-refractivity contribution in [3.8, 4) is 0 Å². The number of nitrogens with zero attached hydrogens (tertiary/aromatic N) is 1. The third-order valence-corrected chi connectivity index (χ3v) is 3.76. The van der Waals surface area contributed by atoms with E-state index in [1.165, 1.54) is 0 Å². The third-order valence-electron chi connectivity index (χ3n) is 3.76. The van der Waals surface area contributed by atoms with E-state index in [2.05, 4.69) is 6.58 Å². The zero-order valence-electron chi connectivity index (χ0n) is 12.2. The van der Waals surface area contributed by atoms with Crippen molar-refractivity contribution in [1.29, 1.82) is 0 Å². The fourth-order valence-electron chi connectivity index (χ4n) is 2.78. The normalized spacial score (nSPS) is 28.4. The lowest BCUT2D eigenvalue weighted by molar-refractivity contribution is -0.0547. The van der Waals surface area contributed by atoms with Crippen LogP contribution in [0.4, 0.5) is 4.79 Å². The lowest BCUT2D eigenvalue weighted by Crippen LogP contribution is -2.51. The van der Waals surface area contributed by atoms with E-state index in [0.29, 0.717) is 19.5 Å². The molecule has 1 heterocycles. The molecule has 1 aliphatic heterocycles. The Morgan fingerprint density at radius 3 is 2.74 bits per heavy atom. The summed E-state index contributed by atoms with van der Waals surface area (Å²) in [4.78, 5) is 13.7. The van der Waals surface area contributed by atoms with Crippen molar-refractivity contribution >= 4 is 6.09 Å². The molecule has 1 amide bonds. The van der Waals surface area contributed by atoms with Crippen LogP contribution in [0.2, 0.25) is 0 Å². The number of hydrogen-bond donors (Lipinski definition) is 2. The van der Waals surface area contributed by atoms with E-state index in [4.69, 9.17) is 10.5 Å². The monoisotopic (exact) mass is 270 g/mol. The van der Waals surface area contributed by atoms with Gasteiger partial charge in [0, 0.05) is 6.54 Å². The van der Waals surface area contributed by atoms with E-state index < -0.39 is 11.7 Å². The Balaban J connectivity index is 2.92. The van der Waals surface area contributed by atoms with Crippen molar-refractivity contribution in [2.24, 2.45) is 5.73 Å². The number of unbranched alkanes of at least 4 members (excludes halogenated alkanes) is 1. The van der Waals surface area contributed by atoms with E-state index in [9.17, 15) is 9.90 Å². The SMILES string of the molecule is C=C(C)[C@H]1N(CCCCN)C(=O)O[C@]1(C)[C@H](O)CC. The maximum Gasteiger partial charge on any atom is 0.411 e. The van der Waals surface area contributed by atoms with E-state index in [1.54, 1.807) is 11.8 Å². The number of carbonyl (C=O) groups excluding carboxylic acids is 1. The Kier molecular flexibility index (Phi) is 5.38. The molecule has 0 aromatic heterocycles. The Bertz CT molecular complexity index is 346. The molecule has 0 saturated carbocycles. The molecule has 5 heteroatoms. The molecule has 0 aromatic rings. The van der Waals surface area contributed by atoms with Crippen LogP contribution < -0.4 is 5.73 Å². The van der Waals surface area contributed by atoms with Crippen molar-refractivity contribution in [3.63, 3.8) is 0 Å². The summed E-state index contributed by atoms with van der Waals surface area (Å²) >= 11 is 0. The van der Waals surface area contributed by atoms with Gasteiger partial charge >= 0.3 is 6.09 Å². The predicted molar refractivity (Wildman–Crippen MR) is 74.8 cm³/mol. The van der Waals surface area contributed by atoms with Gasteiger partial charge in [0.25, 0.3) is 0 Å². The highest BCUT2D eigenvalue weighted by molar-refractivity contribution is 5.72. The Morgan fingerprint density at radius 1 is 1.63 bits per heavy atom. The topological polar surface area (TPSA) is 75.8 Å². The highest BCUT2D eigenvalue weighted by atomic mass is 16.6. The van der Waals surface area contributed by atoms with Crippen molar-refractivity contribution in [2.75, 3.05) is 13.1 Å². The van der Waals surface area contributed by atoms with Gasteiger partial charge in [-0.05, 0) is 39.7 Å². The van der Waals surface area contributed by atoms with Gasteiger partial charge in [-0.3, -0.25) is 4.90 Å². The number of aliphatic hydroxyl groups is 1. The molecule has 0 aromatic carbocycles. The quantitative estimate of drug-likeness (QED) is 0.545. The van der Waals surface area contributed by atoms with E-state index in [0.717, 1.165) is 18.4 Å². The first-order valence-electron chi connectivity index (χ1n) is 6.91. The highest BCUT2D eigenvalue weighted by Crippen LogP contribution is 2.37. The second kappa shape index (κ2) is 6.39. The minimum atomic E-state index is -0.916. The standard InChI is InChI=1S/C14H26N2O3/c1-5-11(17)14(4)12(10(2)3)16(13(18)19-14)9-7-6-8-15/h11-12,17H,2,5-9,15H2,1,3-4H3/t11-,12-,14-/m1/s1. The summed E-state index contributed by atoms with van der Waals surface area (Å²) in [6.07, 6.45) is 1.15. The molecule has 1 saturated heterocycles. The minimum absolute atomic E-state index is 0.285. The summed E-state index contributed by atoms with van der Waals surface area (Å²) in [7, 11) is 0. The maximum atomic E-state index is 12.0. The van der Waals surface area contributed by atoms with Gasteiger partial charge in [-0.15, -0.1) is 0 Å². The van der Waals surface area contributed by atoms with E-state index >= 15 is 0 Å². The first-order valence-corrected chi connectivity index (χ1v) is 6.91. The second-order valence-electron chi connectivity index (χ2n) is 5.41. The summed E-state index contributed by atoms with van der Waals surface area (Å²) in [5, 5.41) is 10.2. The van der Waals surface area contributed by atoms with Crippen molar-refractivity contribution < 1.29 is 14.6 Å². The van der Waals surface area contributed by atoms with Gasteiger partial charge in [-0.2, -0.15) is 0 Å². The Morgan fingerprint density at radius 2 is 2.26 bits per heavy atom. The Hall–Kier alpha value is -1.07. The summed E-state index contributed by atoms with van der Waals surface area (Å²) < 4.78 is 5.46. The van der Waals surface area contributed by atoms with Crippen LogP contribution >= 0.6 is 0 Å². The molecule has 5 nitrogen and oxygen atoms in total. The van der Waals surface area contributed by atoms with Crippen LogP contribution in [-0.2, 0) is 4.74 Å². The second-order valence-corrected chi connectivity index (χ2v) is 5.41. The van der Waals surface area contributed by atoms with Crippen LogP contribution in [0.5, 0.6) is 0 Å². The number of carbonyl (C=O) groups is 1. The highest BCUT2D eigenvalue weighted by Gasteiger charge is 2.54. The lowest BCUT2D eigenvalue weighted by atomic mass is 9.85. The molecule has 0 radical (unpaired) electrons. The fraction of sp³-hybridized carbons (Fsp3) is 0.786. The van der Waals surface area contributed by atoms with Crippen LogP contribution in [0.15, 0.2) is 12.2 Å². The minimum Gasteiger partial charge on any atom is -0.438 e. The molecule has 19 heavy (non-hydrogen) atoms. The molecule has 0 spiro atoms. The maximum absolute atomic E-state index is 12.0. The van der Waals surface area contributed by atoms with Crippen LogP contribution in [0.1, 0.15) is 40.0 Å². The van der Waals surface area contributed by atoms with Crippen LogP contribution in [0, 0.1) is 0 Å². The zero-order valence-corrected chi connectivity index (χ0v) is 12.2. The van der Waals surface area contributed by atoms with Crippen LogP contribution in [0.25, 0.3) is 0 Å². The van der Waals surface area contributed by atoms with Gasteiger partial charge in [0.2, 0.25) is 0 Å². The number of ether oxygens (including phenoxy) is 1. The molecule has 0 unspecified atom stereocenters. The first-order chi connectivity index (χ1) is 8.88. The average molecular weight is 270 g/mol. The van der Waals surface area contributed by atoms with Gasteiger partial charge in [-0.25, -0.2) is 4.79 Å². The lowest BCUT2D eigenvalue weighted by Gasteiger charge is -2.35. The number of cyclic esters (lactones) is 1. The number of nitrogens with two attached hydrogens (primary N) is 1. The number of amides is 1. The van der Waals surface area contributed by atoms with Gasteiger partial charge in [-0.1, -0.05) is 19.1 Å². The summed E-state index contributed by atoms with van der Waals surface area (Å²) in [5.41, 5.74) is 5.38. The molecule has 1 fully saturated rings. The molecule has 1 rings (SSSR count). The molecule has 0 bridgehead atoms.